The Hall–Kier alpha value is -1.93. The van der Waals surface area contributed by atoms with Crippen molar-refractivity contribution in [1.82, 2.24) is 0 Å². The zero-order valence-electron chi connectivity index (χ0n) is 10.0. The monoisotopic (exact) mass is 263 g/mol. The van der Waals surface area contributed by atoms with Crippen LogP contribution < -0.4 is 9.47 Å². The van der Waals surface area contributed by atoms with Gasteiger partial charge >= 0.3 is 5.97 Å². The van der Waals surface area contributed by atoms with E-state index in [9.17, 15) is 4.79 Å². The second-order valence-corrected chi connectivity index (χ2v) is 4.31. The summed E-state index contributed by atoms with van der Waals surface area (Å²) in [6, 6.07) is 6.71. The molecule has 0 aliphatic carbocycles. The fourth-order valence-electron chi connectivity index (χ4n) is 1.04. The zero-order chi connectivity index (χ0) is 13.4. The lowest BCUT2D eigenvalue weighted by Gasteiger charge is -2.06. The number of nitriles is 1. The number of carbonyl (C=O) groups is 1. The molecule has 0 aliphatic rings. The first-order chi connectivity index (χ1) is 8.63. The van der Waals surface area contributed by atoms with Gasteiger partial charge in [0.1, 0.15) is 16.9 Å². The van der Waals surface area contributed by atoms with Gasteiger partial charge in [0.15, 0.2) is 0 Å². The van der Waals surface area contributed by atoms with Gasteiger partial charge in [0.05, 0.1) is 6.61 Å². The second kappa shape index (κ2) is 7.41. The number of carbonyl (C=O) groups excluding carboxylic acids is 1. The van der Waals surface area contributed by atoms with E-state index in [1.165, 1.54) is 0 Å². The number of nitrogens with zero attached hydrogens (tertiary/aromatic N) is 1. The van der Waals surface area contributed by atoms with E-state index in [4.69, 9.17) is 14.7 Å². The molecule has 0 radical (unpaired) electrons. The van der Waals surface area contributed by atoms with Crippen LogP contribution in [0.15, 0.2) is 36.4 Å². The molecule has 0 aliphatic heterocycles. The molecular formula is C13H13NO3S. The highest BCUT2D eigenvalue weighted by Crippen LogP contribution is 2.18. The SMILES string of the molecule is C=C(C)C(=O)Oc1ccc(OCCSC#N)cc1. The van der Waals surface area contributed by atoms with Crippen molar-refractivity contribution in [2.24, 2.45) is 0 Å². The summed E-state index contributed by atoms with van der Waals surface area (Å²) >= 11 is 1.14. The fraction of sp³-hybridized carbons (Fsp3) is 0.231. The van der Waals surface area contributed by atoms with E-state index in [2.05, 4.69) is 6.58 Å². The summed E-state index contributed by atoms with van der Waals surface area (Å²) in [7, 11) is 0. The Labute approximate surface area is 110 Å². The van der Waals surface area contributed by atoms with Crippen LogP contribution in [-0.2, 0) is 4.79 Å². The third-order valence-corrected chi connectivity index (χ3v) is 2.40. The highest BCUT2D eigenvalue weighted by atomic mass is 32.2. The number of esters is 1. The Bertz CT molecular complexity index is 462. The van der Waals surface area contributed by atoms with Gasteiger partial charge in [-0.15, -0.1) is 0 Å². The summed E-state index contributed by atoms with van der Waals surface area (Å²) < 4.78 is 10.4. The Morgan fingerprint density at radius 3 is 2.56 bits per heavy atom. The van der Waals surface area contributed by atoms with E-state index >= 15 is 0 Å². The normalized spacial score (nSPS) is 9.33. The van der Waals surface area contributed by atoms with E-state index < -0.39 is 5.97 Å². The highest BCUT2D eigenvalue weighted by Gasteiger charge is 2.05. The van der Waals surface area contributed by atoms with Crippen molar-refractivity contribution in [2.75, 3.05) is 12.4 Å². The standard InChI is InChI=1S/C13H13NO3S/c1-10(2)13(15)17-12-5-3-11(4-6-12)16-7-8-18-9-14/h3-6H,1,7-8H2,2H3. The summed E-state index contributed by atoms with van der Waals surface area (Å²) in [4.78, 5) is 11.3. The minimum atomic E-state index is -0.450. The Balaban J connectivity index is 2.45. The topological polar surface area (TPSA) is 59.3 Å². The maximum Gasteiger partial charge on any atom is 0.338 e. The van der Waals surface area contributed by atoms with E-state index in [1.807, 2.05) is 5.40 Å². The van der Waals surface area contributed by atoms with Crippen LogP contribution in [0.1, 0.15) is 6.92 Å². The fourth-order valence-corrected chi connectivity index (χ4v) is 1.30. The van der Waals surface area contributed by atoms with Crippen LogP contribution in [0, 0.1) is 10.7 Å². The molecule has 1 aromatic carbocycles. The summed E-state index contributed by atoms with van der Waals surface area (Å²) in [6.45, 7) is 5.55. The van der Waals surface area contributed by atoms with E-state index in [0.717, 1.165) is 11.8 Å². The molecule has 0 spiro atoms. The van der Waals surface area contributed by atoms with Crippen LogP contribution in [0.4, 0.5) is 0 Å². The average molecular weight is 263 g/mol. The largest absolute Gasteiger partial charge is 0.493 e. The first kappa shape index (κ1) is 14.1. The van der Waals surface area contributed by atoms with E-state index in [-0.39, 0.29) is 0 Å². The number of hydrogen-bond donors (Lipinski definition) is 0. The maximum absolute atomic E-state index is 11.3. The second-order valence-electron chi connectivity index (χ2n) is 3.43. The van der Waals surface area contributed by atoms with Crippen LogP contribution in [0.5, 0.6) is 11.5 Å². The summed E-state index contributed by atoms with van der Waals surface area (Å²) in [5.41, 5.74) is 0.351. The van der Waals surface area contributed by atoms with Crippen molar-refractivity contribution in [3.05, 3.63) is 36.4 Å². The van der Waals surface area contributed by atoms with Gasteiger partial charge in [0, 0.05) is 11.3 Å². The Morgan fingerprint density at radius 1 is 1.39 bits per heavy atom. The Morgan fingerprint density at radius 2 is 2.00 bits per heavy atom. The van der Waals surface area contributed by atoms with Gasteiger partial charge in [-0.2, -0.15) is 5.26 Å². The van der Waals surface area contributed by atoms with Crippen molar-refractivity contribution in [2.45, 2.75) is 6.92 Å². The molecule has 18 heavy (non-hydrogen) atoms. The molecule has 0 aromatic heterocycles. The predicted molar refractivity (Wildman–Crippen MR) is 70.5 cm³/mol. The van der Waals surface area contributed by atoms with Crippen LogP contribution in [-0.4, -0.2) is 18.3 Å². The molecule has 0 bridgehead atoms. The lowest BCUT2D eigenvalue weighted by atomic mass is 10.3. The maximum atomic E-state index is 11.3. The number of thiocyanates is 1. The molecular weight excluding hydrogens is 250 g/mol. The van der Waals surface area contributed by atoms with Gasteiger partial charge < -0.3 is 9.47 Å². The van der Waals surface area contributed by atoms with Gasteiger partial charge in [-0.1, -0.05) is 6.58 Å². The molecule has 0 fully saturated rings. The summed E-state index contributed by atoms with van der Waals surface area (Å²) in [5, 5.41) is 10.3. The third-order valence-electron chi connectivity index (χ3n) is 1.90. The van der Waals surface area contributed by atoms with E-state index in [0.29, 0.717) is 29.4 Å². The van der Waals surface area contributed by atoms with E-state index in [1.54, 1.807) is 31.2 Å². The van der Waals surface area contributed by atoms with Crippen molar-refractivity contribution in [1.29, 1.82) is 5.26 Å². The van der Waals surface area contributed by atoms with Crippen LogP contribution in [0.3, 0.4) is 0 Å². The number of rotatable bonds is 6. The van der Waals surface area contributed by atoms with Crippen LogP contribution >= 0.6 is 11.8 Å². The van der Waals surface area contributed by atoms with Gasteiger partial charge in [-0.3, -0.25) is 0 Å². The predicted octanol–water partition coefficient (Wildman–Crippen LogP) is 2.76. The van der Waals surface area contributed by atoms with Crippen molar-refractivity contribution in [3.63, 3.8) is 0 Å². The van der Waals surface area contributed by atoms with Gasteiger partial charge in [-0.25, -0.2) is 4.79 Å². The number of hydrogen-bond acceptors (Lipinski definition) is 5. The minimum absolute atomic E-state index is 0.351. The molecule has 0 heterocycles. The highest BCUT2D eigenvalue weighted by molar-refractivity contribution is 8.03. The van der Waals surface area contributed by atoms with Crippen molar-refractivity contribution >= 4 is 17.7 Å². The van der Waals surface area contributed by atoms with Crippen molar-refractivity contribution in [3.8, 4) is 16.9 Å². The first-order valence-electron chi connectivity index (χ1n) is 5.25. The Kier molecular flexibility index (Phi) is 5.81. The zero-order valence-corrected chi connectivity index (χ0v) is 10.8. The lowest BCUT2D eigenvalue weighted by molar-refractivity contribution is -0.130. The first-order valence-corrected chi connectivity index (χ1v) is 6.23. The number of ether oxygens (including phenoxy) is 2. The minimum Gasteiger partial charge on any atom is -0.493 e. The summed E-state index contributed by atoms with van der Waals surface area (Å²) in [6.07, 6.45) is 0. The molecule has 0 amide bonds. The third kappa shape index (κ3) is 4.93. The van der Waals surface area contributed by atoms with Gasteiger partial charge in [-0.05, 0) is 43.0 Å². The number of thioether (sulfide) groups is 1. The van der Waals surface area contributed by atoms with Gasteiger partial charge in [0.25, 0.3) is 0 Å². The molecule has 5 heteroatoms. The molecule has 4 nitrogen and oxygen atoms in total. The molecule has 0 N–H and O–H groups in total. The molecule has 1 rings (SSSR count). The average Bonchev–Trinajstić information content (AvgIpc) is 2.36. The lowest BCUT2D eigenvalue weighted by Crippen LogP contribution is -2.08. The molecule has 0 saturated carbocycles. The van der Waals surface area contributed by atoms with Crippen LogP contribution in [0.2, 0.25) is 0 Å². The molecule has 0 atom stereocenters. The molecule has 0 unspecified atom stereocenters. The molecule has 0 saturated heterocycles. The molecule has 94 valence electrons. The van der Waals surface area contributed by atoms with Crippen molar-refractivity contribution < 1.29 is 14.3 Å². The van der Waals surface area contributed by atoms with Crippen LogP contribution in [0.25, 0.3) is 0 Å². The summed E-state index contributed by atoms with van der Waals surface area (Å²) in [5.74, 6) is 1.28. The molecule has 1 aromatic rings. The number of benzene rings is 1. The quantitative estimate of drug-likeness (QED) is 0.260. The smallest absolute Gasteiger partial charge is 0.338 e. The van der Waals surface area contributed by atoms with Gasteiger partial charge in [0.2, 0.25) is 0 Å².